The third-order valence-electron chi connectivity index (χ3n) is 1.98. The molecule has 1 atom stereocenters. The van der Waals surface area contributed by atoms with Crippen molar-refractivity contribution in [1.29, 1.82) is 0 Å². The number of carbonyl (C=O) groups excluding carboxylic acids is 1. The lowest BCUT2D eigenvalue weighted by Gasteiger charge is -2.19. The monoisotopic (exact) mass is 292 g/mol. The smallest absolute Gasteiger partial charge is 0.407 e. The number of amides is 1. The second-order valence-corrected chi connectivity index (χ2v) is 5.39. The molecule has 0 rings (SSSR count). The summed E-state index contributed by atoms with van der Waals surface area (Å²) in [5, 5.41) is 15.1. The van der Waals surface area contributed by atoms with Crippen molar-refractivity contribution in [2.24, 2.45) is 0 Å². The highest BCUT2D eigenvalue weighted by Gasteiger charge is 2.15. The van der Waals surface area contributed by atoms with Gasteiger partial charge in [-0.15, -0.1) is 0 Å². The average Bonchev–Trinajstić information content (AvgIpc) is 2.32. The number of rotatable bonds is 10. The molecule has 0 radical (unpaired) electrons. The number of carbonyl (C=O) groups is 1. The van der Waals surface area contributed by atoms with Gasteiger partial charge in [0.05, 0.1) is 12.7 Å². The van der Waals surface area contributed by atoms with Crippen molar-refractivity contribution in [1.82, 2.24) is 10.6 Å². The van der Waals surface area contributed by atoms with Crippen LogP contribution in [0.1, 0.15) is 34.1 Å². The summed E-state index contributed by atoms with van der Waals surface area (Å²) < 4.78 is 5.08. The van der Waals surface area contributed by atoms with Gasteiger partial charge in [-0.1, -0.05) is 6.92 Å². The number of hydrogen-bond donors (Lipinski definition) is 3. The topological polar surface area (TPSA) is 89.0 Å². The van der Waals surface area contributed by atoms with Gasteiger partial charge in [-0.3, -0.25) is 0 Å². The second-order valence-electron chi connectivity index (χ2n) is 5.39. The summed E-state index contributed by atoms with van der Waals surface area (Å²) in [6.45, 7) is 9.35. The van der Waals surface area contributed by atoms with E-state index in [0.29, 0.717) is 26.2 Å². The standard InChI is InChI=1S/C13H28N2O5/c1-5-8-18-19-10-11(16)9-14-6-7-15-12(17)20-13(2,3)4/h11,14,16H,5-10H2,1-4H3,(H,15,17). The van der Waals surface area contributed by atoms with Crippen LogP contribution in [0, 0.1) is 0 Å². The van der Waals surface area contributed by atoms with Crippen molar-refractivity contribution < 1.29 is 24.4 Å². The first-order valence-corrected chi connectivity index (χ1v) is 6.95. The summed E-state index contributed by atoms with van der Waals surface area (Å²) >= 11 is 0. The molecule has 0 fully saturated rings. The fourth-order valence-corrected chi connectivity index (χ4v) is 1.16. The third kappa shape index (κ3) is 13.5. The Labute approximate surface area is 120 Å². The van der Waals surface area contributed by atoms with Crippen molar-refractivity contribution >= 4 is 6.09 Å². The van der Waals surface area contributed by atoms with E-state index in [4.69, 9.17) is 14.5 Å². The van der Waals surface area contributed by atoms with Crippen LogP contribution in [0.4, 0.5) is 4.79 Å². The molecule has 0 aromatic rings. The first-order chi connectivity index (χ1) is 9.35. The molecule has 0 aliphatic rings. The first-order valence-electron chi connectivity index (χ1n) is 6.95. The van der Waals surface area contributed by atoms with Gasteiger partial charge in [0.2, 0.25) is 0 Å². The zero-order valence-corrected chi connectivity index (χ0v) is 12.9. The predicted octanol–water partition coefficient (Wildman–Crippen LogP) is 0.820. The molecule has 0 aromatic heterocycles. The van der Waals surface area contributed by atoms with Gasteiger partial charge in [0.1, 0.15) is 12.2 Å². The molecule has 0 aliphatic carbocycles. The van der Waals surface area contributed by atoms with E-state index < -0.39 is 17.8 Å². The highest BCUT2D eigenvalue weighted by atomic mass is 17.2. The molecule has 0 aliphatic heterocycles. The minimum atomic E-state index is -0.645. The van der Waals surface area contributed by atoms with Crippen LogP contribution >= 0.6 is 0 Å². The van der Waals surface area contributed by atoms with Gasteiger partial charge in [-0.25, -0.2) is 14.6 Å². The fourth-order valence-electron chi connectivity index (χ4n) is 1.16. The lowest BCUT2D eigenvalue weighted by Crippen LogP contribution is -2.38. The number of nitrogens with one attached hydrogen (secondary N) is 2. The summed E-state index contributed by atoms with van der Waals surface area (Å²) in [5.41, 5.74) is -0.496. The number of alkyl carbamates (subject to hydrolysis) is 1. The van der Waals surface area contributed by atoms with Gasteiger partial charge >= 0.3 is 6.09 Å². The van der Waals surface area contributed by atoms with Crippen molar-refractivity contribution in [3.8, 4) is 0 Å². The molecule has 0 spiro atoms. The van der Waals surface area contributed by atoms with E-state index in [1.54, 1.807) is 0 Å². The van der Waals surface area contributed by atoms with Crippen LogP contribution < -0.4 is 10.6 Å². The van der Waals surface area contributed by atoms with Crippen LogP contribution in [0.15, 0.2) is 0 Å². The van der Waals surface area contributed by atoms with E-state index >= 15 is 0 Å². The Morgan fingerprint density at radius 2 is 1.95 bits per heavy atom. The second kappa shape index (κ2) is 10.8. The molecule has 7 nitrogen and oxygen atoms in total. The molecule has 120 valence electrons. The summed E-state index contributed by atoms with van der Waals surface area (Å²) in [6.07, 6.45) is -0.227. The molecule has 7 heteroatoms. The fraction of sp³-hybridized carbons (Fsp3) is 0.923. The molecular weight excluding hydrogens is 264 g/mol. The van der Waals surface area contributed by atoms with Crippen LogP contribution in [-0.2, 0) is 14.5 Å². The maximum Gasteiger partial charge on any atom is 0.407 e. The van der Waals surface area contributed by atoms with Crippen molar-refractivity contribution in [2.45, 2.75) is 45.8 Å². The number of aliphatic hydroxyl groups is 1. The molecule has 0 aromatic carbocycles. The van der Waals surface area contributed by atoms with Gasteiger partial charge in [0, 0.05) is 19.6 Å². The minimum absolute atomic E-state index is 0.118. The third-order valence-corrected chi connectivity index (χ3v) is 1.98. The quantitative estimate of drug-likeness (QED) is 0.314. The summed E-state index contributed by atoms with van der Waals surface area (Å²) in [7, 11) is 0. The van der Waals surface area contributed by atoms with Crippen LogP contribution in [0.2, 0.25) is 0 Å². The maximum atomic E-state index is 11.3. The lowest BCUT2D eigenvalue weighted by atomic mass is 10.2. The van der Waals surface area contributed by atoms with E-state index in [1.165, 1.54) is 0 Å². The molecule has 3 N–H and O–H groups in total. The van der Waals surface area contributed by atoms with Crippen LogP contribution in [0.5, 0.6) is 0 Å². The van der Waals surface area contributed by atoms with Crippen molar-refractivity contribution in [3.05, 3.63) is 0 Å². The minimum Gasteiger partial charge on any atom is -0.444 e. The molecule has 0 saturated heterocycles. The lowest BCUT2D eigenvalue weighted by molar-refractivity contribution is -0.304. The molecule has 0 heterocycles. The van der Waals surface area contributed by atoms with Crippen molar-refractivity contribution in [3.63, 3.8) is 0 Å². The van der Waals surface area contributed by atoms with E-state index in [9.17, 15) is 9.90 Å². The number of hydrogen-bond acceptors (Lipinski definition) is 6. The largest absolute Gasteiger partial charge is 0.444 e. The Balaban J connectivity index is 3.41. The Morgan fingerprint density at radius 1 is 1.25 bits per heavy atom. The van der Waals surface area contributed by atoms with E-state index in [2.05, 4.69) is 10.6 Å². The molecule has 20 heavy (non-hydrogen) atoms. The van der Waals surface area contributed by atoms with Gasteiger partial charge < -0.3 is 20.5 Å². The van der Waals surface area contributed by atoms with Gasteiger partial charge in [-0.05, 0) is 27.2 Å². The Bertz CT molecular complexity index is 256. The van der Waals surface area contributed by atoms with Gasteiger partial charge in [0.15, 0.2) is 0 Å². The van der Waals surface area contributed by atoms with E-state index in [1.807, 2.05) is 27.7 Å². The van der Waals surface area contributed by atoms with Gasteiger partial charge in [-0.2, -0.15) is 0 Å². The van der Waals surface area contributed by atoms with Crippen LogP contribution in [-0.4, -0.2) is 55.8 Å². The van der Waals surface area contributed by atoms with Gasteiger partial charge in [0.25, 0.3) is 0 Å². The maximum absolute atomic E-state index is 11.3. The zero-order valence-electron chi connectivity index (χ0n) is 12.9. The Kier molecular flexibility index (Phi) is 10.4. The molecular formula is C13H28N2O5. The number of ether oxygens (including phenoxy) is 1. The summed E-state index contributed by atoms with van der Waals surface area (Å²) in [4.78, 5) is 20.9. The Morgan fingerprint density at radius 3 is 2.55 bits per heavy atom. The van der Waals surface area contributed by atoms with Crippen LogP contribution in [0.25, 0.3) is 0 Å². The SMILES string of the molecule is CCCOOCC(O)CNCCNC(=O)OC(C)(C)C. The zero-order chi connectivity index (χ0) is 15.4. The summed E-state index contributed by atoms with van der Waals surface area (Å²) in [6, 6.07) is 0. The normalized spacial score (nSPS) is 13.1. The molecule has 0 bridgehead atoms. The Hall–Kier alpha value is -0.890. The molecule has 1 amide bonds. The van der Waals surface area contributed by atoms with Crippen LogP contribution in [0.3, 0.4) is 0 Å². The first kappa shape index (κ1) is 19.1. The highest BCUT2D eigenvalue weighted by Crippen LogP contribution is 2.05. The predicted molar refractivity (Wildman–Crippen MR) is 75.3 cm³/mol. The molecule has 1 unspecified atom stereocenters. The van der Waals surface area contributed by atoms with Crippen molar-refractivity contribution in [2.75, 3.05) is 32.8 Å². The number of aliphatic hydroxyl groups excluding tert-OH is 1. The average molecular weight is 292 g/mol. The highest BCUT2D eigenvalue weighted by molar-refractivity contribution is 5.67. The molecule has 0 saturated carbocycles. The van der Waals surface area contributed by atoms with E-state index in [-0.39, 0.29) is 6.61 Å². The summed E-state index contributed by atoms with van der Waals surface area (Å²) in [5.74, 6) is 0. The van der Waals surface area contributed by atoms with E-state index in [0.717, 1.165) is 6.42 Å².